The topological polar surface area (TPSA) is 57.2 Å². The first kappa shape index (κ1) is 20.6. The van der Waals surface area contributed by atoms with Crippen molar-refractivity contribution >= 4 is 11.9 Å². The van der Waals surface area contributed by atoms with Gasteiger partial charge in [-0.05, 0) is 36.8 Å². The quantitative estimate of drug-likeness (QED) is 0.460. The van der Waals surface area contributed by atoms with Crippen LogP contribution in [0.5, 0.6) is 0 Å². The zero-order valence-corrected chi connectivity index (χ0v) is 17.4. The minimum absolute atomic E-state index is 0.0662. The third-order valence-corrected chi connectivity index (χ3v) is 6.11. The van der Waals surface area contributed by atoms with Crippen LogP contribution in [0.15, 0.2) is 35.3 Å². The number of methoxy groups -OCH3 is 1. The molecule has 0 aromatic heterocycles. The SMILES string of the molecule is CN=C(NCC1CCN(CCc2ccccc2)C1)N1CC(C)C(C(=O)OC)C1. The van der Waals surface area contributed by atoms with E-state index in [1.54, 1.807) is 0 Å². The lowest BCUT2D eigenvalue weighted by molar-refractivity contribution is -0.145. The predicted molar refractivity (Wildman–Crippen MR) is 112 cm³/mol. The van der Waals surface area contributed by atoms with Gasteiger partial charge in [-0.15, -0.1) is 0 Å². The molecule has 0 aliphatic carbocycles. The van der Waals surface area contributed by atoms with Gasteiger partial charge < -0.3 is 19.9 Å². The van der Waals surface area contributed by atoms with Crippen LogP contribution in [0.25, 0.3) is 0 Å². The van der Waals surface area contributed by atoms with Crippen LogP contribution in [0.1, 0.15) is 18.9 Å². The molecular weight excluding hydrogens is 352 g/mol. The van der Waals surface area contributed by atoms with Crippen LogP contribution in [0, 0.1) is 17.8 Å². The zero-order chi connectivity index (χ0) is 19.9. The van der Waals surface area contributed by atoms with Crippen molar-refractivity contribution in [3.8, 4) is 0 Å². The van der Waals surface area contributed by atoms with Crippen molar-refractivity contribution in [1.29, 1.82) is 0 Å². The fraction of sp³-hybridized carbons (Fsp3) is 0.636. The molecule has 28 heavy (non-hydrogen) atoms. The molecule has 154 valence electrons. The lowest BCUT2D eigenvalue weighted by Crippen LogP contribution is -2.42. The number of guanidine groups is 1. The number of benzene rings is 1. The second-order valence-corrected chi connectivity index (χ2v) is 8.13. The first-order valence-corrected chi connectivity index (χ1v) is 10.4. The van der Waals surface area contributed by atoms with Gasteiger partial charge in [0.1, 0.15) is 0 Å². The Hall–Kier alpha value is -2.08. The van der Waals surface area contributed by atoms with E-state index in [9.17, 15) is 4.79 Å². The Kier molecular flexibility index (Phi) is 7.31. The Morgan fingerprint density at radius 2 is 2.04 bits per heavy atom. The maximum atomic E-state index is 11.9. The molecule has 2 aliphatic heterocycles. The molecule has 1 aromatic carbocycles. The van der Waals surface area contributed by atoms with Crippen molar-refractivity contribution in [2.45, 2.75) is 19.8 Å². The minimum Gasteiger partial charge on any atom is -0.469 e. The molecule has 0 radical (unpaired) electrons. The Bertz CT molecular complexity index is 664. The van der Waals surface area contributed by atoms with Crippen LogP contribution in [-0.2, 0) is 16.0 Å². The van der Waals surface area contributed by atoms with E-state index in [1.165, 1.54) is 25.6 Å². The monoisotopic (exact) mass is 386 g/mol. The van der Waals surface area contributed by atoms with Gasteiger partial charge in [0.05, 0.1) is 13.0 Å². The van der Waals surface area contributed by atoms with Gasteiger partial charge in [-0.25, -0.2) is 0 Å². The Labute approximate surface area is 168 Å². The van der Waals surface area contributed by atoms with Crippen LogP contribution in [0.4, 0.5) is 0 Å². The molecule has 3 unspecified atom stereocenters. The second kappa shape index (κ2) is 9.92. The lowest BCUT2D eigenvalue weighted by atomic mass is 9.99. The van der Waals surface area contributed by atoms with E-state index >= 15 is 0 Å². The molecule has 0 amide bonds. The number of nitrogens with zero attached hydrogens (tertiary/aromatic N) is 3. The summed E-state index contributed by atoms with van der Waals surface area (Å²) in [4.78, 5) is 21.1. The normalized spacial score (nSPS) is 25.9. The molecule has 0 saturated carbocycles. The molecule has 2 aliphatic rings. The molecule has 3 atom stereocenters. The van der Waals surface area contributed by atoms with Gasteiger partial charge in [-0.2, -0.15) is 0 Å². The third kappa shape index (κ3) is 5.25. The van der Waals surface area contributed by atoms with E-state index in [0.29, 0.717) is 12.5 Å². The van der Waals surface area contributed by atoms with Crippen LogP contribution in [-0.4, -0.2) is 75.2 Å². The molecule has 6 heteroatoms. The van der Waals surface area contributed by atoms with E-state index in [1.807, 2.05) is 7.05 Å². The minimum atomic E-state index is -0.115. The van der Waals surface area contributed by atoms with Gasteiger partial charge in [0.15, 0.2) is 5.96 Å². The molecular formula is C22H34N4O2. The number of hydrogen-bond donors (Lipinski definition) is 1. The highest BCUT2D eigenvalue weighted by molar-refractivity contribution is 5.82. The summed E-state index contributed by atoms with van der Waals surface area (Å²) in [6.45, 7) is 7.99. The van der Waals surface area contributed by atoms with Crippen molar-refractivity contribution < 1.29 is 9.53 Å². The van der Waals surface area contributed by atoms with Gasteiger partial charge >= 0.3 is 5.97 Å². The summed E-state index contributed by atoms with van der Waals surface area (Å²) in [5.74, 6) is 1.65. The average molecular weight is 387 g/mol. The molecule has 2 saturated heterocycles. The number of aliphatic imine (C=N–C) groups is 1. The van der Waals surface area contributed by atoms with Crippen LogP contribution < -0.4 is 5.32 Å². The Morgan fingerprint density at radius 3 is 2.75 bits per heavy atom. The molecule has 2 fully saturated rings. The maximum Gasteiger partial charge on any atom is 0.310 e. The fourth-order valence-corrected chi connectivity index (χ4v) is 4.38. The Balaban J connectivity index is 1.42. The van der Waals surface area contributed by atoms with Crippen LogP contribution in [0.3, 0.4) is 0 Å². The Morgan fingerprint density at radius 1 is 1.25 bits per heavy atom. The van der Waals surface area contributed by atoms with Crippen LogP contribution >= 0.6 is 0 Å². The molecule has 1 aromatic rings. The maximum absolute atomic E-state index is 11.9. The number of hydrogen-bond acceptors (Lipinski definition) is 4. The van der Waals surface area contributed by atoms with Crippen molar-refractivity contribution in [1.82, 2.24) is 15.1 Å². The summed E-state index contributed by atoms with van der Waals surface area (Å²) < 4.78 is 4.94. The first-order valence-electron chi connectivity index (χ1n) is 10.4. The van der Waals surface area contributed by atoms with Crippen molar-refractivity contribution in [2.75, 3.05) is 53.4 Å². The van der Waals surface area contributed by atoms with Gasteiger partial charge in [0.25, 0.3) is 0 Å². The van der Waals surface area contributed by atoms with E-state index < -0.39 is 0 Å². The predicted octanol–water partition coefficient (Wildman–Crippen LogP) is 1.87. The number of ether oxygens (including phenoxy) is 1. The highest BCUT2D eigenvalue weighted by atomic mass is 16.5. The fourth-order valence-electron chi connectivity index (χ4n) is 4.38. The molecule has 0 bridgehead atoms. The summed E-state index contributed by atoms with van der Waals surface area (Å²) in [7, 11) is 3.29. The van der Waals surface area contributed by atoms with E-state index in [0.717, 1.165) is 38.6 Å². The first-order chi connectivity index (χ1) is 13.6. The number of carbonyl (C=O) groups is 1. The summed E-state index contributed by atoms with van der Waals surface area (Å²) in [6, 6.07) is 10.7. The molecule has 0 spiro atoms. The lowest BCUT2D eigenvalue weighted by Gasteiger charge is -2.23. The molecule has 2 heterocycles. The number of rotatable bonds is 6. The number of esters is 1. The van der Waals surface area contributed by atoms with Gasteiger partial charge in [0, 0.05) is 39.8 Å². The number of carbonyl (C=O) groups excluding carboxylic acids is 1. The van der Waals surface area contributed by atoms with Crippen LogP contribution in [0.2, 0.25) is 0 Å². The zero-order valence-electron chi connectivity index (χ0n) is 17.4. The summed E-state index contributed by atoms with van der Waals surface area (Å²) >= 11 is 0. The highest BCUT2D eigenvalue weighted by Gasteiger charge is 2.37. The standard InChI is InChI=1S/C22H34N4O2/c1-17-14-26(16-20(17)21(27)28-3)22(23-2)24-13-19-10-12-25(15-19)11-9-18-7-5-4-6-8-18/h4-8,17,19-20H,9-16H2,1-3H3,(H,23,24). The summed E-state index contributed by atoms with van der Waals surface area (Å²) in [5, 5.41) is 3.54. The van der Waals surface area contributed by atoms with Gasteiger partial charge in [0.2, 0.25) is 0 Å². The van der Waals surface area contributed by atoms with Gasteiger partial charge in [-0.3, -0.25) is 9.79 Å². The second-order valence-electron chi connectivity index (χ2n) is 8.13. The molecule has 6 nitrogen and oxygen atoms in total. The molecule has 3 rings (SSSR count). The van der Waals surface area contributed by atoms with Crippen molar-refractivity contribution in [3.63, 3.8) is 0 Å². The van der Waals surface area contributed by atoms with Gasteiger partial charge in [-0.1, -0.05) is 37.3 Å². The van der Waals surface area contributed by atoms with E-state index in [-0.39, 0.29) is 17.8 Å². The van der Waals surface area contributed by atoms with Crippen molar-refractivity contribution in [3.05, 3.63) is 35.9 Å². The molecule has 1 N–H and O–H groups in total. The van der Waals surface area contributed by atoms with E-state index in [4.69, 9.17) is 4.74 Å². The number of nitrogens with one attached hydrogen (secondary N) is 1. The average Bonchev–Trinajstić information content (AvgIpc) is 3.34. The van der Waals surface area contributed by atoms with E-state index in [2.05, 4.69) is 57.4 Å². The smallest absolute Gasteiger partial charge is 0.310 e. The summed E-state index contributed by atoms with van der Waals surface area (Å²) in [6.07, 6.45) is 2.34. The number of likely N-dealkylation sites (tertiary alicyclic amines) is 2. The van der Waals surface area contributed by atoms with Crippen molar-refractivity contribution in [2.24, 2.45) is 22.7 Å². The largest absolute Gasteiger partial charge is 0.469 e. The third-order valence-electron chi connectivity index (χ3n) is 6.11. The highest BCUT2D eigenvalue weighted by Crippen LogP contribution is 2.24. The summed E-state index contributed by atoms with van der Waals surface area (Å²) in [5.41, 5.74) is 1.41.